The van der Waals surface area contributed by atoms with Crippen LogP contribution in [0.25, 0.3) is 0 Å². The van der Waals surface area contributed by atoms with Crippen LogP contribution in [0.3, 0.4) is 0 Å². The SMILES string of the molecule is CC(C)[C@H]1CSC(=NCCCCn2ccnc2)N1. The van der Waals surface area contributed by atoms with Crippen LogP contribution < -0.4 is 5.32 Å². The monoisotopic (exact) mass is 266 g/mol. The number of rotatable bonds is 6. The number of nitrogens with zero attached hydrogens (tertiary/aromatic N) is 3. The molecular formula is C13H22N4S. The molecule has 1 aromatic rings. The van der Waals surface area contributed by atoms with Crippen molar-refractivity contribution < 1.29 is 0 Å². The van der Waals surface area contributed by atoms with Gasteiger partial charge in [-0.3, -0.25) is 4.99 Å². The summed E-state index contributed by atoms with van der Waals surface area (Å²) in [7, 11) is 0. The number of nitrogens with one attached hydrogen (secondary N) is 1. The van der Waals surface area contributed by atoms with E-state index >= 15 is 0 Å². The van der Waals surface area contributed by atoms with Gasteiger partial charge in [0.25, 0.3) is 0 Å². The van der Waals surface area contributed by atoms with Crippen molar-refractivity contribution in [1.82, 2.24) is 14.9 Å². The van der Waals surface area contributed by atoms with Crippen molar-refractivity contribution in [2.75, 3.05) is 12.3 Å². The summed E-state index contributed by atoms with van der Waals surface area (Å²) in [5, 5.41) is 4.63. The molecule has 0 saturated carbocycles. The zero-order valence-corrected chi connectivity index (χ0v) is 12.0. The molecule has 100 valence electrons. The largest absolute Gasteiger partial charge is 0.361 e. The lowest BCUT2D eigenvalue weighted by atomic mass is 10.1. The lowest BCUT2D eigenvalue weighted by molar-refractivity contribution is 0.503. The molecule has 0 aromatic carbocycles. The molecule has 1 atom stereocenters. The van der Waals surface area contributed by atoms with E-state index in [2.05, 4.69) is 33.7 Å². The van der Waals surface area contributed by atoms with Gasteiger partial charge in [-0.1, -0.05) is 25.6 Å². The van der Waals surface area contributed by atoms with Gasteiger partial charge in [0.15, 0.2) is 5.17 Å². The van der Waals surface area contributed by atoms with E-state index in [9.17, 15) is 0 Å². The van der Waals surface area contributed by atoms with Crippen LogP contribution in [0.15, 0.2) is 23.7 Å². The number of hydrogen-bond acceptors (Lipinski definition) is 3. The Kier molecular flexibility index (Phi) is 5.11. The second kappa shape index (κ2) is 6.83. The van der Waals surface area contributed by atoms with Gasteiger partial charge in [0.1, 0.15) is 0 Å². The van der Waals surface area contributed by atoms with Gasteiger partial charge in [-0.15, -0.1) is 0 Å². The van der Waals surface area contributed by atoms with E-state index in [1.807, 2.05) is 30.5 Å². The highest BCUT2D eigenvalue weighted by Gasteiger charge is 2.22. The molecule has 0 unspecified atom stereocenters. The number of hydrogen-bond donors (Lipinski definition) is 1. The summed E-state index contributed by atoms with van der Waals surface area (Å²) >= 11 is 1.86. The highest BCUT2D eigenvalue weighted by Crippen LogP contribution is 2.18. The molecule has 1 N–H and O–H groups in total. The van der Waals surface area contributed by atoms with E-state index in [0.717, 1.165) is 36.9 Å². The van der Waals surface area contributed by atoms with E-state index in [-0.39, 0.29) is 0 Å². The molecule has 2 rings (SSSR count). The summed E-state index contributed by atoms with van der Waals surface area (Å²) < 4.78 is 2.12. The Hall–Kier alpha value is -0.970. The Morgan fingerprint density at radius 3 is 3.11 bits per heavy atom. The van der Waals surface area contributed by atoms with Crippen LogP contribution in [0.1, 0.15) is 26.7 Å². The fraction of sp³-hybridized carbons (Fsp3) is 0.692. The van der Waals surface area contributed by atoms with Gasteiger partial charge in [-0.25, -0.2) is 4.98 Å². The van der Waals surface area contributed by atoms with Crippen LogP contribution in [-0.4, -0.2) is 33.1 Å². The molecule has 1 aliphatic heterocycles. The summed E-state index contributed by atoms with van der Waals surface area (Å²) in [6, 6.07) is 0.597. The van der Waals surface area contributed by atoms with Gasteiger partial charge < -0.3 is 9.88 Å². The van der Waals surface area contributed by atoms with Gasteiger partial charge in [0.05, 0.1) is 6.33 Å². The number of aromatic nitrogens is 2. The molecule has 1 aliphatic rings. The zero-order valence-electron chi connectivity index (χ0n) is 11.2. The van der Waals surface area contributed by atoms with E-state index < -0.39 is 0 Å². The molecule has 1 aromatic heterocycles. The van der Waals surface area contributed by atoms with Crippen LogP contribution in [-0.2, 0) is 6.54 Å². The molecule has 4 nitrogen and oxygen atoms in total. The second-order valence-corrected chi connectivity index (χ2v) is 6.01. The van der Waals surface area contributed by atoms with Gasteiger partial charge in [-0.05, 0) is 18.8 Å². The maximum atomic E-state index is 4.62. The number of thioether (sulfide) groups is 1. The van der Waals surface area contributed by atoms with E-state index in [4.69, 9.17) is 0 Å². The van der Waals surface area contributed by atoms with E-state index in [1.165, 1.54) is 0 Å². The highest BCUT2D eigenvalue weighted by atomic mass is 32.2. The van der Waals surface area contributed by atoms with Gasteiger partial charge in [0.2, 0.25) is 0 Å². The normalized spacial score (nSPS) is 21.7. The average Bonchev–Trinajstić information content (AvgIpc) is 2.98. The number of aliphatic imine (C=N–C) groups is 1. The van der Waals surface area contributed by atoms with Gasteiger partial charge >= 0.3 is 0 Å². The molecule has 2 heterocycles. The summed E-state index contributed by atoms with van der Waals surface area (Å²) in [4.78, 5) is 8.65. The predicted octanol–water partition coefficient (Wildman–Crippen LogP) is 2.38. The third kappa shape index (κ3) is 4.05. The molecule has 1 fully saturated rings. The molecule has 0 amide bonds. The molecular weight excluding hydrogens is 244 g/mol. The fourth-order valence-corrected chi connectivity index (χ4v) is 3.09. The zero-order chi connectivity index (χ0) is 12.8. The van der Waals surface area contributed by atoms with Crippen molar-refractivity contribution in [3.63, 3.8) is 0 Å². The lowest BCUT2D eigenvalue weighted by Gasteiger charge is -2.13. The van der Waals surface area contributed by atoms with Crippen LogP contribution in [0.4, 0.5) is 0 Å². The van der Waals surface area contributed by atoms with Crippen LogP contribution in [0.2, 0.25) is 0 Å². The summed E-state index contributed by atoms with van der Waals surface area (Å²) in [5.41, 5.74) is 0. The Morgan fingerprint density at radius 1 is 1.56 bits per heavy atom. The molecule has 0 aliphatic carbocycles. The molecule has 0 spiro atoms. The third-order valence-electron chi connectivity index (χ3n) is 3.15. The van der Waals surface area contributed by atoms with Crippen molar-refractivity contribution in [1.29, 1.82) is 0 Å². The Balaban J connectivity index is 1.60. The molecule has 0 radical (unpaired) electrons. The maximum absolute atomic E-state index is 4.62. The number of imidazole rings is 1. The first-order valence-corrected chi connectivity index (χ1v) is 7.64. The number of amidine groups is 1. The molecule has 18 heavy (non-hydrogen) atoms. The quantitative estimate of drug-likeness (QED) is 0.804. The van der Waals surface area contributed by atoms with Gasteiger partial charge in [-0.2, -0.15) is 0 Å². The Labute approximate surface area is 113 Å². The topological polar surface area (TPSA) is 42.2 Å². The van der Waals surface area contributed by atoms with Crippen molar-refractivity contribution in [3.8, 4) is 0 Å². The Bertz CT molecular complexity index is 372. The standard InChI is InChI=1S/C13H22N4S/c1-11(2)12-9-18-13(16-12)15-5-3-4-7-17-8-6-14-10-17/h6,8,10-12H,3-5,7,9H2,1-2H3,(H,15,16)/t12-/m1/s1. The first kappa shape index (κ1) is 13.5. The lowest BCUT2D eigenvalue weighted by Crippen LogP contribution is -2.31. The van der Waals surface area contributed by atoms with Crippen LogP contribution in [0, 0.1) is 5.92 Å². The van der Waals surface area contributed by atoms with Crippen LogP contribution in [0.5, 0.6) is 0 Å². The average molecular weight is 266 g/mol. The highest BCUT2D eigenvalue weighted by molar-refractivity contribution is 8.14. The first-order chi connectivity index (χ1) is 8.75. The number of aryl methyl sites for hydroxylation is 1. The van der Waals surface area contributed by atoms with Crippen molar-refractivity contribution >= 4 is 16.9 Å². The number of unbranched alkanes of at least 4 members (excludes halogenated alkanes) is 1. The summed E-state index contributed by atoms with van der Waals surface area (Å²) in [6.45, 7) is 6.48. The summed E-state index contributed by atoms with van der Waals surface area (Å²) in [6.07, 6.45) is 7.99. The van der Waals surface area contributed by atoms with Crippen molar-refractivity contribution in [3.05, 3.63) is 18.7 Å². The van der Waals surface area contributed by atoms with Crippen LogP contribution >= 0.6 is 11.8 Å². The first-order valence-electron chi connectivity index (χ1n) is 6.65. The predicted molar refractivity (Wildman–Crippen MR) is 78.0 cm³/mol. The minimum atomic E-state index is 0.597. The van der Waals surface area contributed by atoms with Crippen molar-refractivity contribution in [2.24, 2.45) is 10.9 Å². The van der Waals surface area contributed by atoms with E-state index in [1.54, 1.807) is 0 Å². The van der Waals surface area contributed by atoms with E-state index in [0.29, 0.717) is 12.0 Å². The molecule has 5 heteroatoms. The smallest absolute Gasteiger partial charge is 0.156 e. The van der Waals surface area contributed by atoms with Crippen molar-refractivity contribution in [2.45, 2.75) is 39.3 Å². The minimum Gasteiger partial charge on any atom is -0.361 e. The Morgan fingerprint density at radius 2 is 2.44 bits per heavy atom. The third-order valence-corrected chi connectivity index (χ3v) is 4.20. The fourth-order valence-electron chi connectivity index (χ4n) is 1.87. The van der Waals surface area contributed by atoms with Gasteiger partial charge in [0, 0.05) is 37.3 Å². The second-order valence-electron chi connectivity index (χ2n) is 5.00. The minimum absolute atomic E-state index is 0.597. The maximum Gasteiger partial charge on any atom is 0.156 e. The summed E-state index contributed by atoms with van der Waals surface area (Å²) in [5.74, 6) is 1.84. The molecule has 0 bridgehead atoms. The molecule has 1 saturated heterocycles.